The molecule has 0 N–H and O–H groups in total. The van der Waals surface area contributed by atoms with E-state index in [1.807, 2.05) is 0 Å². The SMILES string of the molecule is CCC1(C)C(=O)CC(C)C1(C)C. The molecule has 1 aliphatic carbocycles. The molecule has 12 heavy (non-hydrogen) atoms. The van der Waals surface area contributed by atoms with E-state index >= 15 is 0 Å². The molecule has 1 saturated carbocycles. The molecule has 1 aliphatic rings. The van der Waals surface area contributed by atoms with Gasteiger partial charge in [0.1, 0.15) is 5.78 Å². The Morgan fingerprint density at radius 3 is 2.08 bits per heavy atom. The van der Waals surface area contributed by atoms with Gasteiger partial charge in [-0.05, 0) is 17.8 Å². The molecule has 0 spiro atoms. The number of carbonyl (C=O) groups excluding carboxylic acids is 1. The van der Waals surface area contributed by atoms with Gasteiger partial charge in [0.05, 0.1) is 0 Å². The predicted molar refractivity (Wildman–Crippen MR) is 51.0 cm³/mol. The predicted octanol–water partition coefficient (Wildman–Crippen LogP) is 3.04. The van der Waals surface area contributed by atoms with Gasteiger partial charge in [0.15, 0.2) is 0 Å². The van der Waals surface area contributed by atoms with E-state index in [1.54, 1.807) is 0 Å². The maximum absolute atomic E-state index is 11.8. The summed E-state index contributed by atoms with van der Waals surface area (Å²) in [6.45, 7) is 10.9. The lowest BCUT2D eigenvalue weighted by atomic mass is 9.64. The third-order valence-corrected chi connectivity index (χ3v) is 4.47. The Balaban J connectivity index is 3.07. The van der Waals surface area contributed by atoms with Crippen LogP contribution in [0.4, 0.5) is 0 Å². The highest BCUT2D eigenvalue weighted by atomic mass is 16.1. The average molecular weight is 168 g/mol. The van der Waals surface area contributed by atoms with Crippen LogP contribution < -0.4 is 0 Å². The van der Waals surface area contributed by atoms with Crippen LogP contribution in [0.1, 0.15) is 47.5 Å². The third-order valence-electron chi connectivity index (χ3n) is 4.47. The molecule has 2 unspecified atom stereocenters. The normalized spacial score (nSPS) is 40.4. The lowest BCUT2D eigenvalue weighted by molar-refractivity contribution is -0.128. The van der Waals surface area contributed by atoms with Crippen molar-refractivity contribution in [1.82, 2.24) is 0 Å². The largest absolute Gasteiger partial charge is 0.299 e. The van der Waals surface area contributed by atoms with E-state index in [9.17, 15) is 4.79 Å². The van der Waals surface area contributed by atoms with Gasteiger partial charge in [0.2, 0.25) is 0 Å². The summed E-state index contributed by atoms with van der Waals surface area (Å²) in [7, 11) is 0. The van der Waals surface area contributed by atoms with Crippen molar-refractivity contribution in [3.05, 3.63) is 0 Å². The molecule has 1 fully saturated rings. The summed E-state index contributed by atoms with van der Waals surface area (Å²) in [6, 6.07) is 0. The standard InChI is InChI=1S/C11H20O/c1-6-11(5)9(12)7-8(2)10(11,3)4/h8H,6-7H2,1-5H3. The number of ketones is 1. The molecule has 0 amide bonds. The summed E-state index contributed by atoms with van der Waals surface area (Å²) in [5.74, 6) is 0.998. The quantitative estimate of drug-likeness (QED) is 0.588. The Bertz CT molecular complexity index is 205. The zero-order valence-corrected chi connectivity index (χ0v) is 8.90. The molecule has 0 bridgehead atoms. The van der Waals surface area contributed by atoms with Crippen LogP contribution in [0.15, 0.2) is 0 Å². The summed E-state index contributed by atoms with van der Waals surface area (Å²) >= 11 is 0. The molecule has 0 saturated heterocycles. The second-order valence-corrected chi connectivity index (χ2v) is 4.94. The monoisotopic (exact) mass is 168 g/mol. The molecule has 0 radical (unpaired) electrons. The van der Waals surface area contributed by atoms with Gasteiger partial charge < -0.3 is 0 Å². The number of hydrogen-bond acceptors (Lipinski definition) is 1. The molecule has 1 nitrogen and oxygen atoms in total. The maximum Gasteiger partial charge on any atom is 0.139 e. The van der Waals surface area contributed by atoms with Crippen molar-refractivity contribution in [1.29, 1.82) is 0 Å². The van der Waals surface area contributed by atoms with Gasteiger partial charge in [-0.15, -0.1) is 0 Å². The van der Waals surface area contributed by atoms with Crippen LogP contribution in [-0.4, -0.2) is 5.78 Å². The first-order chi connectivity index (χ1) is 5.36. The smallest absolute Gasteiger partial charge is 0.139 e. The molecule has 0 aromatic carbocycles. The highest BCUT2D eigenvalue weighted by molar-refractivity contribution is 5.88. The Morgan fingerprint density at radius 2 is 1.92 bits per heavy atom. The van der Waals surface area contributed by atoms with Crippen LogP contribution in [0.3, 0.4) is 0 Å². The van der Waals surface area contributed by atoms with E-state index < -0.39 is 0 Å². The van der Waals surface area contributed by atoms with Crippen molar-refractivity contribution in [3.8, 4) is 0 Å². The van der Waals surface area contributed by atoms with Gasteiger partial charge in [-0.25, -0.2) is 0 Å². The first-order valence-corrected chi connectivity index (χ1v) is 4.89. The number of Topliss-reactive ketones (excluding diaryl/α,β-unsaturated/α-hetero) is 1. The number of carbonyl (C=O) groups is 1. The molecule has 1 rings (SSSR count). The molecule has 0 heterocycles. The fraction of sp³-hybridized carbons (Fsp3) is 0.909. The van der Waals surface area contributed by atoms with E-state index in [0.717, 1.165) is 12.8 Å². The van der Waals surface area contributed by atoms with Crippen molar-refractivity contribution in [2.45, 2.75) is 47.5 Å². The van der Waals surface area contributed by atoms with E-state index in [0.29, 0.717) is 11.7 Å². The minimum atomic E-state index is -0.0770. The lowest BCUT2D eigenvalue weighted by Crippen LogP contribution is -2.36. The fourth-order valence-electron chi connectivity index (χ4n) is 2.31. The fourth-order valence-corrected chi connectivity index (χ4v) is 2.31. The third kappa shape index (κ3) is 0.949. The first-order valence-electron chi connectivity index (χ1n) is 4.89. The van der Waals surface area contributed by atoms with Crippen LogP contribution >= 0.6 is 0 Å². The minimum absolute atomic E-state index is 0.0770. The van der Waals surface area contributed by atoms with Gasteiger partial charge in [0, 0.05) is 11.8 Å². The summed E-state index contributed by atoms with van der Waals surface area (Å²) < 4.78 is 0. The van der Waals surface area contributed by atoms with Gasteiger partial charge in [0.25, 0.3) is 0 Å². The average Bonchev–Trinajstić information content (AvgIpc) is 2.14. The van der Waals surface area contributed by atoms with Crippen LogP contribution in [0.25, 0.3) is 0 Å². The molecule has 2 atom stereocenters. The van der Waals surface area contributed by atoms with Gasteiger partial charge in [-0.2, -0.15) is 0 Å². The maximum atomic E-state index is 11.8. The number of hydrogen-bond donors (Lipinski definition) is 0. The Kier molecular flexibility index (Phi) is 2.10. The Labute approximate surface area is 75.5 Å². The topological polar surface area (TPSA) is 17.1 Å². The van der Waals surface area contributed by atoms with Crippen molar-refractivity contribution < 1.29 is 4.79 Å². The van der Waals surface area contributed by atoms with Crippen LogP contribution in [0.2, 0.25) is 0 Å². The summed E-state index contributed by atoms with van der Waals surface area (Å²) in [5.41, 5.74) is 0.102. The van der Waals surface area contributed by atoms with Crippen molar-refractivity contribution in [2.24, 2.45) is 16.7 Å². The first kappa shape index (κ1) is 9.76. The highest BCUT2D eigenvalue weighted by Crippen LogP contribution is 2.55. The van der Waals surface area contributed by atoms with Crippen LogP contribution in [-0.2, 0) is 4.79 Å². The van der Waals surface area contributed by atoms with E-state index in [-0.39, 0.29) is 10.8 Å². The van der Waals surface area contributed by atoms with E-state index in [1.165, 1.54) is 0 Å². The molecular formula is C11H20O. The van der Waals surface area contributed by atoms with Crippen molar-refractivity contribution in [3.63, 3.8) is 0 Å². The Morgan fingerprint density at radius 1 is 1.42 bits per heavy atom. The summed E-state index contributed by atoms with van der Waals surface area (Å²) in [6.07, 6.45) is 1.75. The zero-order valence-electron chi connectivity index (χ0n) is 8.90. The molecule has 0 aromatic heterocycles. The van der Waals surface area contributed by atoms with E-state index in [2.05, 4.69) is 34.6 Å². The highest BCUT2D eigenvalue weighted by Gasteiger charge is 2.54. The Hall–Kier alpha value is -0.330. The van der Waals surface area contributed by atoms with E-state index in [4.69, 9.17) is 0 Å². The minimum Gasteiger partial charge on any atom is -0.299 e. The summed E-state index contributed by atoms with van der Waals surface area (Å²) in [4.78, 5) is 11.8. The zero-order chi connectivity index (χ0) is 9.57. The van der Waals surface area contributed by atoms with Gasteiger partial charge in [-0.3, -0.25) is 4.79 Å². The van der Waals surface area contributed by atoms with Gasteiger partial charge in [-0.1, -0.05) is 34.6 Å². The second kappa shape index (κ2) is 2.58. The number of rotatable bonds is 1. The molecule has 1 heteroatoms. The molecule has 70 valence electrons. The molecule has 0 aliphatic heterocycles. The van der Waals surface area contributed by atoms with Crippen molar-refractivity contribution in [2.75, 3.05) is 0 Å². The summed E-state index contributed by atoms with van der Waals surface area (Å²) in [5, 5.41) is 0. The van der Waals surface area contributed by atoms with Crippen molar-refractivity contribution >= 4 is 5.78 Å². The molecule has 0 aromatic rings. The van der Waals surface area contributed by atoms with Crippen LogP contribution in [0.5, 0.6) is 0 Å². The second-order valence-electron chi connectivity index (χ2n) is 4.94. The lowest BCUT2D eigenvalue weighted by Gasteiger charge is -2.38. The van der Waals surface area contributed by atoms with Crippen LogP contribution in [0, 0.1) is 16.7 Å². The van der Waals surface area contributed by atoms with Gasteiger partial charge >= 0.3 is 0 Å². The molecular weight excluding hydrogens is 148 g/mol.